The zero-order chi connectivity index (χ0) is 16.6. The van der Waals surface area contributed by atoms with Crippen molar-refractivity contribution in [2.24, 2.45) is 17.1 Å². The molecule has 0 aliphatic heterocycles. The molecule has 0 aromatic heterocycles. The van der Waals surface area contributed by atoms with Gasteiger partial charge in [-0.05, 0) is 32.1 Å². The summed E-state index contributed by atoms with van der Waals surface area (Å²) in [6.45, 7) is 2.28. The molecule has 0 saturated heterocycles. The smallest absolute Gasteiger partial charge is 0.312 e. The number of nitrogens with two attached hydrogens (primary N) is 1. The summed E-state index contributed by atoms with van der Waals surface area (Å²) >= 11 is 0. The molecule has 1 aliphatic carbocycles. The number of Topliss-reactive ketones (excluding diaryl/α,β-unsaturated/α-hetero) is 2. The standard InChI is InChI=1S/C16H25N2O4.CH3.Y/c1-2-5-13(20)16(7-4-8-16)14(21)10-12(11-19)6-3-9-18-15(17)22;;/h12H,2-10H2,1H3,(H3,17,18,22);1H3;/q2*-1;/t12-;;/m1../s1. The fourth-order valence-electron chi connectivity index (χ4n) is 2.89. The number of hydrogen-bond donors (Lipinski definition) is 2. The first-order valence-electron chi connectivity index (χ1n) is 7.94. The molecule has 1 atom stereocenters. The van der Waals surface area contributed by atoms with Crippen molar-refractivity contribution in [3.63, 3.8) is 0 Å². The van der Waals surface area contributed by atoms with Gasteiger partial charge in [0.2, 0.25) is 0 Å². The van der Waals surface area contributed by atoms with Gasteiger partial charge < -0.3 is 23.3 Å². The minimum absolute atomic E-state index is 0. The van der Waals surface area contributed by atoms with Gasteiger partial charge >= 0.3 is 6.03 Å². The van der Waals surface area contributed by atoms with E-state index < -0.39 is 17.4 Å². The number of hydrogen-bond acceptors (Lipinski definition) is 4. The fourth-order valence-corrected chi connectivity index (χ4v) is 2.89. The van der Waals surface area contributed by atoms with Gasteiger partial charge in [-0.25, -0.2) is 4.79 Å². The van der Waals surface area contributed by atoms with Gasteiger partial charge in [0.05, 0.1) is 5.41 Å². The summed E-state index contributed by atoms with van der Waals surface area (Å²) in [6, 6.07) is -0.610. The predicted molar refractivity (Wildman–Crippen MR) is 88.2 cm³/mol. The van der Waals surface area contributed by atoms with E-state index >= 15 is 0 Å². The first kappa shape index (κ1) is 25.6. The zero-order valence-electron chi connectivity index (χ0n) is 14.7. The van der Waals surface area contributed by atoms with Crippen molar-refractivity contribution < 1.29 is 51.9 Å². The number of nitrogens with one attached hydrogen (secondary N) is 1. The van der Waals surface area contributed by atoms with Crippen LogP contribution in [0.5, 0.6) is 0 Å². The molecule has 135 valence electrons. The van der Waals surface area contributed by atoms with Crippen LogP contribution in [0.15, 0.2) is 0 Å². The first-order chi connectivity index (χ1) is 10.5. The Morgan fingerprint density at radius 3 is 2.29 bits per heavy atom. The molecule has 1 aliphatic rings. The Morgan fingerprint density at radius 1 is 1.25 bits per heavy atom. The van der Waals surface area contributed by atoms with E-state index in [1.807, 2.05) is 13.2 Å². The van der Waals surface area contributed by atoms with Crippen molar-refractivity contribution in [1.29, 1.82) is 0 Å². The third kappa shape index (κ3) is 7.10. The van der Waals surface area contributed by atoms with Gasteiger partial charge in [-0.15, -0.1) is 5.92 Å². The summed E-state index contributed by atoms with van der Waals surface area (Å²) in [5, 5.41) is 2.44. The molecule has 6 nitrogen and oxygen atoms in total. The van der Waals surface area contributed by atoms with Gasteiger partial charge in [0.15, 0.2) is 0 Å². The van der Waals surface area contributed by atoms with E-state index in [-0.39, 0.29) is 58.1 Å². The maximum Gasteiger partial charge on any atom is 0.312 e. The first-order valence-corrected chi connectivity index (χ1v) is 7.94. The van der Waals surface area contributed by atoms with E-state index in [0.29, 0.717) is 38.6 Å². The second-order valence-electron chi connectivity index (χ2n) is 5.98. The fraction of sp³-hybridized carbons (Fsp3) is 0.706. The van der Waals surface area contributed by atoms with E-state index in [1.165, 1.54) is 0 Å². The van der Waals surface area contributed by atoms with Crippen LogP contribution in [0.4, 0.5) is 4.79 Å². The van der Waals surface area contributed by atoms with E-state index in [0.717, 1.165) is 12.8 Å². The molecule has 0 unspecified atom stereocenters. The maximum absolute atomic E-state index is 12.5. The monoisotopic (exact) mass is 413 g/mol. The molecular formula is C17H28N2O4Y-2. The summed E-state index contributed by atoms with van der Waals surface area (Å²) in [6.07, 6.45) is 6.21. The van der Waals surface area contributed by atoms with Gasteiger partial charge in [0, 0.05) is 45.7 Å². The van der Waals surface area contributed by atoms with Gasteiger partial charge in [-0.3, -0.25) is 15.9 Å². The number of carbonyl (C=O) groups excluding carboxylic acids is 4. The largest absolute Gasteiger partial charge is 0.541 e. The summed E-state index contributed by atoms with van der Waals surface area (Å²) in [7, 11) is 0. The van der Waals surface area contributed by atoms with Crippen LogP contribution in [0.2, 0.25) is 0 Å². The molecule has 1 rings (SSSR count). The summed E-state index contributed by atoms with van der Waals surface area (Å²) in [5.74, 6) is -0.617. The second-order valence-corrected chi connectivity index (χ2v) is 5.98. The molecule has 0 aromatic carbocycles. The van der Waals surface area contributed by atoms with Crippen LogP contribution in [-0.2, 0) is 47.1 Å². The molecule has 3 N–H and O–H groups in total. The van der Waals surface area contributed by atoms with E-state index in [9.17, 15) is 19.2 Å². The van der Waals surface area contributed by atoms with Gasteiger partial charge in [-0.2, -0.15) is 0 Å². The van der Waals surface area contributed by atoms with Crippen molar-refractivity contribution in [2.75, 3.05) is 6.54 Å². The number of amides is 2. The third-order valence-electron chi connectivity index (χ3n) is 4.38. The number of ketones is 2. The Bertz CT molecular complexity index is 436. The van der Waals surface area contributed by atoms with Crippen LogP contribution in [0, 0.1) is 18.8 Å². The minimum atomic E-state index is -0.837. The van der Waals surface area contributed by atoms with Crippen molar-refractivity contribution in [2.45, 2.75) is 58.3 Å². The molecule has 7 heteroatoms. The Kier molecular flexibility index (Phi) is 13.6. The van der Waals surface area contributed by atoms with Gasteiger partial charge in [0.25, 0.3) is 0 Å². The molecule has 1 radical (unpaired) electrons. The Labute approximate surface area is 169 Å². The molecule has 0 spiro atoms. The van der Waals surface area contributed by atoms with E-state index in [2.05, 4.69) is 5.32 Å². The van der Waals surface area contributed by atoms with Crippen LogP contribution in [0.25, 0.3) is 0 Å². The molecular weight excluding hydrogens is 385 g/mol. The zero-order valence-corrected chi connectivity index (χ0v) is 17.6. The van der Waals surface area contributed by atoms with Crippen molar-refractivity contribution in [3.8, 4) is 0 Å². The normalized spacial score (nSPS) is 15.7. The number of urea groups is 1. The van der Waals surface area contributed by atoms with Gasteiger partial charge in [-0.1, -0.05) is 19.8 Å². The van der Waals surface area contributed by atoms with Crippen LogP contribution in [-0.4, -0.2) is 30.4 Å². The molecule has 0 aromatic rings. The average Bonchev–Trinajstić information content (AvgIpc) is 2.40. The summed E-state index contributed by atoms with van der Waals surface area (Å²) in [4.78, 5) is 46.3. The maximum atomic E-state index is 12.5. The van der Waals surface area contributed by atoms with E-state index in [4.69, 9.17) is 5.73 Å². The molecule has 0 bridgehead atoms. The number of rotatable bonds is 11. The molecule has 0 heterocycles. The van der Waals surface area contributed by atoms with Gasteiger partial charge in [0.1, 0.15) is 11.6 Å². The minimum Gasteiger partial charge on any atom is -0.541 e. The summed E-state index contributed by atoms with van der Waals surface area (Å²) in [5.41, 5.74) is 4.11. The van der Waals surface area contributed by atoms with E-state index in [1.54, 1.807) is 0 Å². The van der Waals surface area contributed by atoms with Crippen molar-refractivity contribution in [1.82, 2.24) is 5.32 Å². The molecule has 24 heavy (non-hydrogen) atoms. The topological polar surface area (TPSA) is 106 Å². The van der Waals surface area contributed by atoms with Crippen molar-refractivity contribution >= 4 is 23.9 Å². The Morgan fingerprint density at radius 2 is 1.88 bits per heavy atom. The van der Waals surface area contributed by atoms with Crippen LogP contribution in [0.3, 0.4) is 0 Å². The summed E-state index contributed by atoms with van der Waals surface area (Å²) < 4.78 is 0. The quantitative estimate of drug-likeness (QED) is 0.307. The van der Waals surface area contributed by atoms with Crippen molar-refractivity contribution in [3.05, 3.63) is 7.43 Å². The molecule has 1 saturated carbocycles. The van der Waals surface area contributed by atoms with Crippen LogP contribution >= 0.6 is 0 Å². The van der Waals surface area contributed by atoms with Crippen LogP contribution in [0.1, 0.15) is 58.3 Å². The average molecular weight is 413 g/mol. The number of primary amides is 1. The Hall–Kier alpha value is -0.616. The predicted octanol–water partition coefficient (Wildman–Crippen LogP) is 2.11. The third-order valence-corrected chi connectivity index (χ3v) is 4.38. The molecule has 1 fully saturated rings. The Balaban J connectivity index is 0. The van der Waals surface area contributed by atoms with Crippen LogP contribution < -0.4 is 11.1 Å². The second kappa shape index (κ2) is 12.7. The molecule has 2 amide bonds. The SMILES string of the molecule is CCCC(=O)C1(C(=O)C[C@H]([C-]=O)CCCNC(N)=O)CCC1.[CH3-].[Y]. The number of carbonyl (C=O) groups is 3.